The lowest BCUT2D eigenvalue weighted by molar-refractivity contribution is -0.127. The van der Waals surface area contributed by atoms with Gasteiger partial charge in [-0.05, 0) is 20.3 Å². The molecule has 0 spiro atoms. The predicted molar refractivity (Wildman–Crippen MR) is 48.7 cm³/mol. The number of hydrogen-bond acceptors (Lipinski definition) is 3. The van der Waals surface area contributed by atoms with Crippen LogP contribution in [0.15, 0.2) is 0 Å². The Morgan fingerprint density at radius 2 is 2.23 bits per heavy atom. The van der Waals surface area contributed by atoms with Crippen molar-refractivity contribution in [2.24, 2.45) is 5.41 Å². The summed E-state index contributed by atoms with van der Waals surface area (Å²) in [7, 11) is 0. The highest BCUT2D eigenvalue weighted by Crippen LogP contribution is 2.13. The molecule has 0 bridgehead atoms. The van der Waals surface area contributed by atoms with Crippen molar-refractivity contribution in [1.29, 1.82) is 5.26 Å². The molecular formula is C9H16N2O2. The van der Waals surface area contributed by atoms with Crippen LogP contribution < -0.4 is 5.32 Å². The highest BCUT2D eigenvalue weighted by Gasteiger charge is 2.28. The lowest BCUT2D eigenvalue weighted by Gasteiger charge is -2.20. The molecule has 4 nitrogen and oxygen atoms in total. The van der Waals surface area contributed by atoms with Gasteiger partial charge >= 0.3 is 0 Å². The van der Waals surface area contributed by atoms with Crippen LogP contribution in [0.25, 0.3) is 0 Å². The van der Waals surface area contributed by atoms with E-state index in [1.54, 1.807) is 13.8 Å². The van der Waals surface area contributed by atoms with Crippen LogP contribution in [0.4, 0.5) is 0 Å². The number of aliphatic hydroxyl groups is 1. The zero-order chi connectivity index (χ0) is 10.5. The molecule has 0 unspecified atom stereocenters. The first-order valence-corrected chi connectivity index (χ1v) is 4.31. The number of nitrogens with one attached hydrogen (secondary N) is 1. The quantitative estimate of drug-likeness (QED) is 0.665. The Balaban J connectivity index is 4.23. The fraction of sp³-hybridized carbons (Fsp3) is 0.778. The minimum Gasteiger partial charge on any atom is -0.394 e. The third-order valence-electron chi connectivity index (χ3n) is 1.90. The van der Waals surface area contributed by atoms with Crippen molar-refractivity contribution in [2.45, 2.75) is 33.2 Å². The Morgan fingerprint density at radius 3 is 2.54 bits per heavy atom. The normalized spacial score (nSPS) is 13.2. The molecule has 0 aliphatic carbocycles. The van der Waals surface area contributed by atoms with Gasteiger partial charge in [0.25, 0.3) is 0 Å². The second kappa shape index (κ2) is 4.83. The van der Waals surface area contributed by atoms with E-state index in [9.17, 15) is 4.79 Å². The van der Waals surface area contributed by atoms with Crippen molar-refractivity contribution in [1.82, 2.24) is 5.32 Å². The molecule has 74 valence electrons. The number of rotatable bonds is 4. The Morgan fingerprint density at radius 1 is 1.69 bits per heavy atom. The summed E-state index contributed by atoms with van der Waals surface area (Å²) in [5.74, 6) is -0.337. The number of amides is 1. The average molecular weight is 184 g/mol. The Kier molecular flexibility index (Phi) is 4.43. The van der Waals surface area contributed by atoms with Crippen molar-refractivity contribution in [3.63, 3.8) is 0 Å². The van der Waals surface area contributed by atoms with E-state index in [4.69, 9.17) is 10.4 Å². The molecule has 0 aromatic heterocycles. The fourth-order valence-electron chi connectivity index (χ4n) is 0.693. The van der Waals surface area contributed by atoms with Crippen molar-refractivity contribution in [3.8, 4) is 6.07 Å². The summed E-state index contributed by atoms with van der Waals surface area (Å²) in [5.41, 5.74) is -1.03. The minimum absolute atomic E-state index is 0.0935. The van der Waals surface area contributed by atoms with E-state index in [-0.39, 0.29) is 18.6 Å². The number of nitrogens with zero attached hydrogens (tertiary/aromatic N) is 1. The largest absolute Gasteiger partial charge is 0.394 e. The van der Waals surface area contributed by atoms with Crippen LogP contribution in [0.5, 0.6) is 0 Å². The van der Waals surface area contributed by atoms with Gasteiger partial charge in [0.05, 0.1) is 18.7 Å². The second-order valence-corrected chi connectivity index (χ2v) is 3.50. The van der Waals surface area contributed by atoms with E-state index in [1.807, 2.05) is 13.0 Å². The summed E-state index contributed by atoms with van der Waals surface area (Å²) < 4.78 is 0. The van der Waals surface area contributed by atoms with Crippen LogP contribution in [-0.2, 0) is 4.79 Å². The Bertz CT molecular complexity index is 214. The van der Waals surface area contributed by atoms with Gasteiger partial charge in [0.2, 0.25) is 5.91 Å². The molecule has 13 heavy (non-hydrogen) atoms. The third kappa shape index (κ3) is 3.43. The lowest BCUT2D eigenvalue weighted by Crippen LogP contribution is -2.43. The summed E-state index contributed by atoms with van der Waals surface area (Å²) in [5, 5.41) is 20.1. The number of hydrogen-bond donors (Lipinski definition) is 2. The van der Waals surface area contributed by atoms with Gasteiger partial charge in [-0.15, -0.1) is 0 Å². The highest BCUT2D eigenvalue weighted by molar-refractivity contribution is 5.84. The zero-order valence-corrected chi connectivity index (χ0v) is 8.29. The van der Waals surface area contributed by atoms with Crippen LogP contribution >= 0.6 is 0 Å². The molecule has 0 radical (unpaired) electrons. The van der Waals surface area contributed by atoms with Crippen LogP contribution in [0.2, 0.25) is 0 Å². The maximum Gasteiger partial charge on any atom is 0.240 e. The van der Waals surface area contributed by atoms with Crippen LogP contribution in [0.1, 0.15) is 27.2 Å². The predicted octanol–water partition coefficient (Wildman–Crippen LogP) is 0.423. The molecule has 1 amide bonds. The average Bonchev–Trinajstić information content (AvgIpc) is 2.13. The molecule has 0 saturated heterocycles. The van der Waals surface area contributed by atoms with Gasteiger partial charge in [0.1, 0.15) is 5.41 Å². The first-order chi connectivity index (χ1) is 5.97. The van der Waals surface area contributed by atoms with Gasteiger partial charge in [-0.2, -0.15) is 5.26 Å². The van der Waals surface area contributed by atoms with Crippen LogP contribution in [0, 0.1) is 16.7 Å². The lowest BCUT2D eigenvalue weighted by atomic mass is 9.94. The minimum atomic E-state index is -1.03. The molecule has 0 fully saturated rings. The van der Waals surface area contributed by atoms with E-state index >= 15 is 0 Å². The molecule has 0 aliphatic heterocycles. The van der Waals surface area contributed by atoms with Gasteiger partial charge in [-0.1, -0.05) is 6.92 Å². The number of aliphatic hydroxyl groups excluding tert-OH is 1. The molecule has 0 aromatic rings. The van der Waals surface area contributed by atoms with Gasteiger partial charge < -0.3 is 10.4 Å². The first-order valence-electron chi connectivity index (χ1n) is 4.31. The summed E-state index contributed by atoms with van der Waals surface area (Å²) in [6, 6.07) is 1.65. The zero-order valence-electron chi connectivity index (χ0n) is 8.29. The molecule has 0 heterocycles. The van der Waals surface area contributed by atoms with Crippen molar-refractivity contribution in [3.05, 3.63) is 0 Å². The maximum absolute atomic E-state index is 11.4. The van der Waals surface area contributed by atoms with E-state index in [2.05, 4.69) is 5.32 Å². The molecule has 0 rings (SSSR count). The second-order valence-electron chi connectivity index (χ2n) is 3.50. The van der Waals surface area contributed by atoms with Gasteiger partial charge in [0.15, 0.2) is 0 Å². The fourth-order valence-corrected chi connectivity index (χ4v) is 0.693. The Labute approximate surface area is 78.6 Å². The van der Waals surface area contributed by atoms with Gasteiger partial charge in [0, 0.05) is 0 Å². The van der Waals surface area contributed by atoms with Crippen LogP contribution in [-0.4, -0.2) is 23.7 Å². The summed E-state index contributed by atoms with van der Waals surface area (Å²) in [6.45, 7) is 4.86. The highest BCUT2D eigenvalue weighted by atomic mass is 16.3. The van der Waals surface area contributed by atoms with E-state index in [0.717, 1.165) is 0 Å². The van der Waals surface area contributed by atoms with E-state index in [0.29, 0.717) is 6.42 Å². The van der Waals surface area contributed by atoms with Gasteiger partial charge in [-0.25, -0.2) is 0 Å². The molecule has 0 aromatic carbocycles. The molecule has 4 heteroatoms. The van der Waals surface area contributed by atoms with Crippen molar-refractivity contribution < 1.29 is 9.90 Å². The summed E-state index contributed by atoms with van der Waals surface area (Å²) in [6.07, 6.45) is 0.656. The standard InChI is InChI=1S/C9H16N2O2/c1-4-7(5-12)11-8(13)9(2,3)6-10/h7,12H,4-5H2,1-3H3,(H,11,13)/t7-/m1/s1. The van der Waals surface area contributed by atoms with Gasteiger partial charge in [-0.3, -0.25) is 4.79 Å². The Hall–Kier alpha value is -1.08. The first kappa shape index (κ1) is 11.9. The van der Waals surface area contributed by atoms with Crippen molar-refractivity contribution >= 4 is 5.91 Å². The summed E-state index contributed by atoms with van der Waals surface area (Å²) >= 11 is 0. The van der Waals surface area contributed by atoms with E-state index < -0.39 is 5.41 Å². The molecule has 1 atom stereocenters. The molecule has 2 N–H and O–H groups in total. The van der Waals surface area contributed by atoms with Crippen LogP contribution in [0.3, 0.4) is 0 Å². The number of carbonyl (C=O) groups is 1. The van der Waals surface area contributed by atoms with E-state index in [1.165, 1.54) is 0 Å². The molecule has 0 saturated carbocycles. The summed E-state index contributed by atoms with van der Waals surface area (Å²) in [4.78, 5) is 11.4. The van der Waals surface area contributed by atoms with Crippen molar-refractivity contribution in [2.75, 3.05) is 6.61 Å². The number of nitriles is 1. The monoisotopic (exact) mass is 184 g/mol. The molecule has 0 aliphatic rings. The smallest absolute Gasteiger partial charge is 0.240 e. The molecular weight excluding hydrogens is 168 g/mol. The third-order valence-corrected chi connectivity index (χ3v) is 1.90. The topological polar surface area (TPSA) is 73.1 Å². The maximum atomic E-state index is 11.4. The number of carbonyl (C=O) groups excluding carboxylic acids is 1. The SMILES string of the molecule is CC[C@H](CO)NC(=O)C(C)(C)C#N.